The number of aromatic nitrogens is 1. The fourth-order valence-electron chi connectivity index (χ4n) is 1.87. The summed E-state index contributed by atoms with van der Waals surface area (Å²) >= 11 is 5.00. The van der Waals surface area contributed by atoms with Crippen molar-refractivity contribution in [2.24, 2.45) is 5.73 Å². The maximum absolute atomic E-state index is 5.65. The first kappa shape index (κ1) is 13.5. The van der Waals surface area contributed by atoms with Crippen molar-refractivity contribution in [3.63, 3.8) is 0 Å². The van der Waals surface area contributed by atoms with Gasteiger partial charge in [0, 0.05) is 37.2 Å². The molecule has 98 valence electrons. The predicted octanol–water partition coefficient (Wildman–Crippen LogP) is 2.39. The molecule has 0 unspecified atom stereocenters. The highest BCUT2D eigenvalue weighted by Gasteiger charge is 2.03. The van der Waals surface area contributed by atoms with Crippen LogP contribution in [0, 0.1) is 0 Å². The Bertz CT molecular complexity index is 554. The van der Waals surface area contributed by atoms with Crippen molar-refractivity contribution in [1.82, 2.24) is 4.98 Å². The number of benzene rings is 1. The number of hydrogen-bond donors (Lipinski definition) is 1. The second-order valence-electron chi connectivity index (χ2n) is 4.44. The van der Waals surface area contributed by atoms with E-state index in [2.05, 4.69) is 23.0 Å². The van der Waals surface area contributed by atoms with Gasteiger partial charge in [0.25, 0.3) is 0 Å². The van der Waals surface area contributed by atoms with Gasteiger partial charge in [0.1, 0.15) is 4.99 Å². The fraction of sp³-hybridized carbons (Fsp3) is 0.200. The van der Waals surface area contributed by atoms with Gasteiger partial charge in [-0.25, -0.2) is 0 Å². The summed E-state index contributed by atoms with van der Waals surface area (Å²) in [5, 5.41) is 0. The molecule has 19 heavy (non-hydrogen) atoms. The van der Waals surface area contributed by atoms with Gasteiger partial charge in [-0.2, -0.15) is 0 Å². The number of anilines is 1. The summed E-state index contributed by atoms with van der Waals surface area (Å²) in [6.07, 6.45) is 4.63. The fourth-order valence-corrected chi connectivity index (χ4v) is 2.00. The Kier molecular flexibility index (Phi) is 4.47. The Morgan fingerprint density at radius 2 is 2.00 bits per heavy atom. The largest absolute Gasteiger partial charge is 0.389 e. The number of hydrogen-bond acceptors (Lipinski definition) is 3. The third-order valence-corrected chi connectivity index (χ3v) is 3.29. The van der Waals surface area contributed by atoms with Gasteiger partial charge >= 0.3 is 0 Å². The van der Waals surface area contributed by atoms with Crippen LogP contribution in [0.15, 0.2) is 48.8 Å². The molecule has 3 nitrogen and oxygen atoms in total. The van der Waals surface area contributed by atoms with Crippen molar-refractivity contribution in [3.8, 4) is 0 Å². The second kappa shape index (κ2) is 6.29. The molecule has 2 rings (SSSR count). The standard InChI is InChI=1S/C15H17N3S/c1-18(10-7-12-5-8-17-9-6-12)14-4-2-3-13(11-14)15(16)19/h2-6,8-9,11H,7,10H2,1H3,(H2,16,19). The molecule has 1 heterocycles. The molecule has 0 aliphatic carbocycles. The SMILES string of the molecule is CN(CCc1ccncc1)c1cccc(C(N)=S)c1. The Hall–Kier alpha value is -1.94. The minimum atomic E-state index is 0.435. The summed E-state index contributed by atoms with van der Waals surface area (Å²) in [6.45, 7) is 0.935. The molecule has 0 aliphatic heterocycles. The first-order valence-electron chi connectivity index (χ1n) is 6.17. The van der Waals surface area contributed by atoms with Gasteiger partial charge in [-0.15, -0.1) is 0 Å². The van der Waals surface area contributed by atoms with Crippen molar-refractivity contribution in [3.05, 3.63) is 59.9 Å². The van der Waals surface area contributed by atoms with Gasteiger partial charge in [-0.05, 0) is 36.2 Å². The van der Waals surface area contributed by atoms with E-state index in [1.54, 1.807) is 0 Å². The summed E-state index contributed by atoms with van der Waals surface area (Å²) in [7, 11) is 2.07. The van der Waals surface area contributed by atoms with Crippen LogP contribution in [0.4, 0.5) is 5.69 Å². The number of pyridine rings is 1. The summed E-state index contributed by atoms with van der Waals surface area (Å²) in [5.74, 6) is 0. The van der Waals surface area contributed by atoms with E-state index in [-0.39, 0.29) is 0 Å². The van der Waals surface area contributed by atoms with Gasteiger partial charge in [0.2, 0.25) is 0 Å². The predicted molar refractivity (Wildman–Crippen MR) is 83.5 cm³/mol. The van der Waals surface area contributed by atoms with Gasteiger partial charge in [0.15, 0.2) is 0 Å². The highest BCUT2D eigenvalue weighted by Crippen LogP contribution is 2.15. The van der Waals surface area contributed by atoms with E-state index in [1.807, 2.05) is 42.7 Å². The molecular formula is C15H17N3S. The van der Waals surface area contributed by atoms with E-state index < -0.39 is 0 Å². The molecule has 0 amide bonds. The number of nitrogens with zero attached hydrogens (tertiary/aromatic N) is 2. The van der Waals surface area contributed by atoms with Crippen molar-refractivity contribution in [2.45, 2.75) is 6.42 Å². The molecule has 4 heteroatoms. The lowest BCUT2D eigenvalue weighted by molar-refractivity contribution is 0.875. The van der Waals surface area contributed by atoms with Crippen molar-refractivity contribution in [1.29, 1.82) is 0 Å². The lowest BCUT2D eigenvalue weighted by Gasteiger charge is -2.20. The lowest BCUT2D eigenvalue weighted by Crippen LogP contribution is -2.21. The van der Waals surface area contributed by atoms with Crippen LogP contribution in [-0.4, -0.2) is 23.6 Å². The van der Waals surface area contributed by atoms with Gasteiger partial charge < -0.3 is 10.6 Å². The highest BCUT2D eigenvalue weighted by atomic mass is 32.1. The quantitative estimate of drug-likeness (QED) is 0.848. The van der Waals surface area contributed by atoms with E-state index in [0.717, 1.165) is 24.2 Å². The van der Waals surface area contributed by atoms with E-state index in [9.17, 15) is 0 Å². The lowest BCUT2D eigenvalue weighted by atomic mass is 10.1. The third-order valence-electron chi connectivity index (χ3n) is 3.06. The van der Waals surface area contributed by atoms with Crippen LogP contribution in [0.5, 0.6) is 0 Å². The molecule has 0 atom stereocenters. The minimum Gasteiger partial charge on any atom is -0.389 e. The first-order chi connectivity index (χ1) is 9.16. The molecule has 0 fully saturated rings. The van der Waals surface area contributed by atoms with Crippen LogP contribution in [-0.2, 0) is 6.42 Å². The topological polar surface area (TPSA) is 42.2 Å². The average Bonchev–Trinajstić information content (AvgIpc) is 2.46. The molecule has 1 aromatic heterocycles. The second-order valence-corrected chi connectivity index (χ2v) is 4.88. The van der Waals surface area contributed by atoms with E-state index in [0.29, 0.717) is 4.99 Å². The zero-order chi connectivity index (χ0) is 13.7. The number of likely N-dealkylation sites (N-methyl/N-ethyl adjacent to an activating group) is 1. The van der Waals surface area contributed by atoms with Crippen LogP contribution < -0.4 is 10.6 Å². The highest BCUT2D eigenvalue weighted by molar-refractivity contribution is 7.80. The summed E-state index contributed by atoms with van der Waals surface area (Å²) in [5.41, 5.74) is 8.97. The Morgan fingerprint density at radius 3 is 2.68 bits per heavy atom. The molecule has 0 aliphatic rings. The maximum atomic E-state index is 5.65. The smallest absolute Gasteiger partial charge is 0.104 e. The zero-order valence-corrected chi connectivity index (χ0v) is 11.7. The van der Waals surface area contributed by atoms with Gasteiger partial charge in [-0.1, -0.05) is 24.4 Å². The van der Waals surface area contributed by atoms with Crippen molar-refractivity contribution >= 4 is 22.9 Å². The van der Waals surface area contributed by atoms with Crippen molar-refractivity contribution < 1.29 is 0 Å². The molecule has 0 bridgehead atoms. The normalized spacial score (nSPS) is 10.2. The molecule has 0 spiro atoms. The van der Waals surface area contributed by atoms with Crippen molar-refractivity contribution in [2.75, 3.05) is 18.5 Å². The molecule has 1 aromatic carbocycles. The third kappa shape index (κ3) is 3.76. The summed E-state index contributed by atoms with van der Waals surface area (Å²) in [4.78, 5) is 6.65. The van der Waals surface area contributed by atoms with Crippen LogP contribution in [0.3, 0.4) is 0 Å². The summed E-state index contributed by atoms with van der Waals surface area (Å²) < 4.78 is 0. The van der Waals surface area contributed by atoms with Crippen LogP contribution >= 0.6 is 12.2 Å². The molecule has 2 aromatic rings. The Labute approximate surface area is 119 Å². The number of nitrogens with two attached hydrogens (primary N) is 1. The molecule has 0 saturated heterocycles. The Balaban J connectivity index is 2.02. The Morgan fingerprint density at radius 1 is 1.26 bits per heavy atom. The molecule has 0 saturated carbocycles. The van der Waals surface area contributed by atoms with E-state index in [4.69, 9.17) is 18.0 Å². The van der Waals surface area contributed by atoms with Crippen LogP contribution in [0.2, 0.25) is 0 Å². The van der Waals surface area contributed by atoms with Crippen LogP contribution in [0.25, 0.3) is 0 Å². The molecule has 2 N–H and O–H groups in total. The van der Waals surface area contributed by atoms with Gasteiger partial charge in [-0.3, -0.25) is 4.98 Å². The minimum absolute atomic E-state index is 0.435. The van der Waals surface area contributed by atoms with Gasteiger partial charge in [0.05, 0.1) is 0 Å². The van der Waals surface area contributed by atoms with Crippen LogP contribution in [0.1, 0.15) is 11.1 Å². The number of thiocarbonyl (C=S) groups is 1. The zero-order valence-electron chi connectivity index (χ0n) is 10.9. The number of rotatable bonds is 5. The van der Waals surface area contributed by atoms with E-state index >= 15 is 0 Å². The maximum Gasteiger partial charge on any atom is 0.104 e. The average molecular weight is 271 g/mol. The molecule has 0 radical (unpaired) electrons. The molecular weight excluding hydrogens is 254 g/mol. The van der Waals surface area contributed by atoms with E-state index in [1.165, 1.54) is 5.56 Å². The monoisotopic (exact) mass is 271 g/mol. The first-order valence-corrected chi connectivity index (χ1v) is 6.57. The summed E-state index contributed by atoms with van der Waals surface area (Å²) in [6, 6.07) is 12.1.